The molecule has 0 spiro atoms. The molecule has 2 aromatic heterocycles. The average Bonchev–Trinajstić information content (AvgIpc) is 2.93. The Morgan fingerprint density at radius 1 is 1.60 bits per heavy atom. The molecule has 0 radical (unpaired) electrons. The van der Waals surface area contributed by atoms with Crippen molar-refractivity contribution in [3.63, 3.8) is 0 Å². The van der Waals surface area contributed by atoms with E-state index in [2.05, 4.69) is 20.4 Å². The van der Waals surface area contributed by atoms with Crippen molar-refractivity contribution < 1.29 is 9.53 Å². The largest absolute Gasteiger partial charge is 0.377 e. The highest BCUT2D eigenvalue weighted by Crippen LogP contribution is 2.22. The van der Waals surface area contributed by atoms with Gasteiger partial charge in [-0.25, -0.2) is 0 Å². The summed E-state index contributed by atoms with van der Waals surface area (Å²) in [6.45, 7) is 1.41. The maximum Gasteiger partial charge on any atom is 0.255 e. The number of ether oxygens (including phenoxy) is 1. The number of carbonyl (C=O) groups is 1. The summed E-state index contributed by atoms with van der Waals surface area (Å²) in [5.41, 5.74) is 0. The van der Waals surface area contributed by atoms with Gasteiger partial charge in [-0.1, -0.05) is 11.6 Å². The van der Waals surface area contributed by atoms with Crippen LogP contribution in [0.5, 0.6) is 0 Å². The van der Waals surface area contributed by atoms with Crippen LogP contribution in [0.3, 0.4) is 0 Å². The number of nitrogens with zero attached hydrogens (tertiary/aromatic N) is 5. The molecule has 20 heavy (non-hydrogen) atoms. The van der Waals surface area contributed by atoms with Crippen molar-refractivity contribution in [1.29, 1.82) is 0 Å². The number of amides is 1. The lowest BCUT2D eigenvalue weighted by atomic mass is 10.2. The van der Waals surface area contributed by atoms with Crippen molar-refractivity contribution in [3.8, 4) is 0 Å². The summed E-state index contributed by atoms with van der Waals surface area (Å²) >= 11 is 6.01. The van der Waals surface area contributed by atoms with Crippen LogP contribution in [0.1, 0.15) is 0 Å². The summed E-state index contributed by atoms with van der Waals surface area (Å²) in [7, 11) is 1.60. The van der Waals surface area contributed by atoms with E-state index in [1.54, 1.807) is 17.6 Å². The summed E-state index contributed by atoms with van der Waals surface area (Å²) in [5, 5.41) is 7.07. The Balaban J connectivity index is 2.07. The Morgan fingerprint density at radius 3 is 3.25 bits per heavy atom. The van der Waals surface area contributed by atoms with Gasteiger partial charge in [-0.15, -0.1) is 0 Å². The van der Waals surface area contributed by atoms with E-state index < -0.39 is 6.04 Å². The number of carbonyl (C=O) groups excluding carboxylic acids is 1. The van der Waals surface area contributed by atoms with Crippen molar-refractivity contribution in [3.05, 3.63) is 17.5 Å². The van der Waals surface area contributed by atoms with E-state index in [0.29, 0.717) is 36.5 Å². The number of halogens is 1. The summed E-state index contributed by atoms with van der Waals surface area (Å²) in [6, 6.07) is 1.24. The van der Waals surface area contributed by atoms with E-state index >= 15 is 0 Å². The lowest BCUT2D eigenvalue weighted by Crippen LogP contribution is -2.54. The molecule has 106 valence electrons. The summed E-state index contributed by atoms with van der Waals surface area (Å²) < 4.78 is 6.95. The number of anilines is 1. The van der Waals surface area contributed by atoms with Crippen LogP contribution in [-0.4, -0.2) is 58.3 Å². The molecule has 1 aliphatic heterocycles. The van der Waals surface area contributed by atoms with Crippen LogP contribution in [-0.2, 0) is 9.53 Å². The third-order valence-electron chi connectivity index (χ3n) is 3.17. The molecule has 1 unspecified atom stereocenters. The van der Waals surface area contributed by atoms with Crippen LogP contribution in [0.15, 0.2) is 12.4 Å². The van der Waals surface area contributed by atoms with Gasteiger partial charge in [0.15, 0.2) is 0 Å². The second-order valence-corrected chi connectivity index (χ2v) is 4.69. The van der Waals surface area contributed by atoms with Crippen LogP contribution in [0.2, 0.25) is 5.15 Å². The van der Waals surface area contributed by atoms with Gasteiger partial charge in [-0.3, -0.25) is 4.79 Å². The Bertz CT molecular complexity index is 645. The van der Waals surface area contributed by atoms with E-state index in [4.69, 9.17) is 16.3 Å². The highest BCUT2D eigenvalue weighted by molar-refractivity contribution is 6.29. The summed E-state index contributed by atoms with van der Waals surface area (Å²) in [4.78, 5) is 22.0. The minimum atomic E-state index is -0.431. The molecule has 0 aromatic carbocycles. The fourth-order valence-electron chi connectivity index (χ4n) is 2.24. The highest BCUT2D eigenvalue weighted by Gasteiger charge is 2.31. The molecule has 1 aliphatic rings. The Kier molecular flexibility index (Phi) is 3.41. The highest BCUT2D eigenvalue weighted by atomic mass is 35.5. The minimum Gasteiger partial charge on any atom is -0.377 e. The van der Waals surface area contributed by atoms with Crippen LogP contribution in [0.4, 0.5) is 5.82 Å². The number of fused-ring (bicyclic) bond motifs is 1. The molecule has 0 bridgehead atoms. The van der Waals surface area contributed by atoms with Crippen LogP contribution in [0, 0.1) is 0 Å². The molecule has 1 atom stereocenters. The number of likely N-dealkylation sites (N-methyl/N-ethyl adjacent to an activating group) is 1. The Labute approximate surface area is 119 Å². The summed E-state index contributed by atoms with van der Waals surface area (Å²) in [5.74, 6) is 0.954. The standard InChI is InChI=1S/C11H13ClN6O2/c1-13-10(19)7-5-20-3-2-17(7)9-4-8(12)16-11-14-6-15-18(9)11/h4,6-7H,2-3,5H2,1H3,(H,13,19). The van der Waals surface area contributed by atoms with Gasteiger partial charge < -0.3 is 15.0 Å². The molecule has 1 saturated heterocycles. The second kappa shape index (κ2) is 5.22. The van der Waals surface area contributed by atoms with Gasteiger partial charge in [0.05, 0.1) is 13.2 Å². The van der Waals surface area contributed by atoms with Crippen molar-refractivity contribution in [2.45, 2.75) is 6.04 Å². The fraction of sp³-hybridized carbons (Fsp3) is 0.455. The molecule has 0 saturated carbocycles. The van der Waals surface area contributed by atoms with Gasteiger partial charge in [-0.2, -0.15) is 19.6 Å². The summed E-state index contributed by atoms with van der Waals surface area (Å²) in [6.07, 6.45) is 1.40. The Morgan fingerprint density at radius 2 is 2.45 bits per heavy atom. The molecule has 1 amide bonds. The van der Waals surface area contributed by atoms with E-state index in [0.717, 1.165) is 0 Å². The van der Waals surface area contributed by atoms with Crippen LogP contribution < -0.4 is 10.2 Å². The predicted octanol–water partition coefficient (Wildman–Crippen LogP) is -0.271. The van der Waals surface area contributed by atoms with Gasteiger partial charge in [0.1, 0.15) is 23.3 Å². The fourth-order valence-corrected chi connectivity index (χ4v) is 2.41. The Hall–Kier alpha value is -1.93. The lowest BCUT2D eigenvalue weighted by molar-refractivity contribution is -0.124. The van der Waals surface area contributed by atoms with Crippen LogP contribution in [0.25, 0.3) is 5.78 Å². The van der Waals surface area contributed by atoms with Crippen molar-refractivity contribution in [2.24, 2.45) is 0 Å². The average molecular weight is 297 g/mol. The number of rotatable bonds is 2. The molecule has 1 N–H and O–H groups in total. The van der Waals surface area contributed by atoms with Crippen LogP contribution >= 0.6 is 11.6 Å². The molecule has 2 aromatic rings. The molecule has 1 fully saturated rings. The first-order chi connectivity index (χ1) is 9.70. The second-order valence-electron chi connectivity index (χ2n) is 4.31. The normalized spacial score (nSPS) is 19.3. The third kappa shape index (κ3) is 2.16. The topological polar surface area (TPSA) is 84.6 Å². The maximum atomic E-state index is 12.0. The number of hydrogen-bond donors (Lipinski definition) is 1. The third-order valence-corrected chi connectivity index (χ3v) is 3.37. The smallest absolute Gasteiger partial charge is 0.255 e. The van der Waals surface area contributed by atoms with E-state index in [1.807, 2.05) is 4.90 Å². The zero-order valence-corrected chi connectivity index (χ0v) is 11.5. The quantitative estimate of drug-likeness (QED) is 0.768. The zero-order chi connectivity index (χ0) is 14.1. The van der Waals surface area contributed by atoms with Gasteiger partial charge >= 0.3 is 0 Å². The van der Waals surface area contributed by atoms with Gasteiger partial charge in [0.2, 0.25) is 5.91 Å². The molecule has 3 heterocycles. The number of aromatic nitrogens is 4. The molecule has 8 nitrogen and oxygen atoms in total. The lowest BCUT2D eigenvalue weighted by Gasteiger charge is -2.35. The SMILES string of the molecule is CNC(=O)C1COCCN1c1cc(Cl)nc2ncnn12. The number of hydrogen-bond acceptors (Lipinski definition) is 6. The number of nitrogens with one attached hydrogen (secondary N) is 1. The first-order valence-electron chi connectivity index (χ1n) is 6.13. The van der Waals surface area contributed by atoms with Crippen molar-refractivity contribution in [2.75, 3.05) is 31.7 Å². The van der Waals surface area contributed by atoms with Gasteiger partial charge in [-0.05, 0) is 0 Å². The number of morpholine rings is 1. The van der Waals surface area contributed by atoms with Crippen molar-refractivity contribution in [1.82, 2.24) is 24.9 Å². The van der Waals surface area contributed by atoms with Crippen molar-refractivity contribution >= 4 is 29.1 Å². The molecule has 3 rings (SSSR count). The minimum absolute atomic E-state index is 0.120. The first-order valence-corrected chi connectivity index (χ1v) is 6.51. The molecular formula is C11H13ClN6O2. The molecule has 9 heteroatoms. The van der Waals surface area contributed by atoms with E-state index in [-0.39, 0.29) is 5.91 Å². The molecule has 0 aliphatic carbocycles. The van der Waals surface area contributed by atoms with Gasteiger partial charge in [0, 0.05) is 19.7 Å². The first kappa shape index (κ1) is 13.1. The zero-order valence-electron chi connectivity index (χ0n) is 10.8. The van der Waals surface area contributed by atoms with Gasteiger partial charge in [0.25, 0.3) is 5.78 Å². The maximum absolute atomic E-state index is 12.0. The molecular weight excluding hydrogens is 284 g/mol. The monoisotopic (exact) mass is 296 g/mol. The van der Waals surface area contributed by atoms with E-state index in [9.17, 15) is 4.79 Å². The predicted molar refractivity (Wildman–Crippen MR) is 71.8 cm³/mol. The van der Waals surface area contributed by atoms with E-state index in [1.165, 1.54) is 6.33 Å².